The Bertz CT molecular complexity index is 875. The molecule has 0 atom stereocenters. The SMILES string of the molecule is O=C(CN(Cc1ccccc1)S(=O)(=O)c1cc(Cl)cc(Cl)c1O)NO. The van der Waals surface area contributed by atoms with Crippen molar-refractivity contribution >= 4 is 39.1 Å². The van der Waals surface area contributed by atoms with Crippen molar-refractivity contribution in [1.29, 1.82) is 0 Å². The zero-order valence-corrected chi connectivity index (χ0v) is 15.0. The van der Waals surface area contributed by atoms with Crippen molar-refractivity contribution in [2.45, 2.75) is 11.4 Å². The first-order valence-electron chi connectivity index (χ1n) is 6.90. The van der Waals surface area contributed by atoms with Crippen LogP contribution in [0.5, 0.6) is 5.75 Å². The van der Waals surface area contributed by atoms with E-state index in [0.29, 0.717) is 5.56 Å². The summed E-state index contributed by atoms with van der Waals surface area (Å²) in [5.41, 5.74) is 1.98. The minimum atomic E-state index is -4.34. The van der Waals surface area contributed by atoms with E-state index in [1.807, 2.05) is 0 Å². The molecule has 0 aliphatic rings. The number of amides is 1. The first-order chi connectivity index (χ1) is 11.8. The van der Waals surface area contributed by atoms with E-state index in [2.05, 4.69) is 0 Å². The molecule has 0 aliphatic carbocycles. The molecule has 0 aromatic heterocycles. The van der Waals surface area contributed by atoms with Gasteiger partial charge >= 0.3 is 0 Å². The number of hydrogen-bond donors (Lipinski definition) is 3. The first-order valence-corrected chi connectivity index (χ1v) is 9.10. The van der Waals surface area contributed by atoms with Gasteiger partial charge in [0.15, 0.2) is 5.75 Å². The number of hydroxylamine groups is 1. The largest absolute Gasteiger partial charge is 0.505 e. The molecule has 10 heteroatoms. The van der Waals surface area contributed by atoms with Crippen molar-refractivity contribution in [3.8, 4) is 5.75 Å². The summed E-state index contributed by atoms with van der Waals surface area (Å²) in [6.45, 7) is -0.836. The molecule has 2 aromatic carbocycles. The molecular formula is C15H14Cl2N2O5S. The van der Waals surface area contributed by atoms with Crippen LogP contribution in [0, 0.1) is 0 Å². The molecule has 7 nitrogen and oxygen atoms in total. The lowest BCUT2D eigenvalue weighted by molar-refractivity contribution is -0.129. The minimum Gasteiger partial charge on any atom is -0.505 e. The molecule has 2 rings (SSSR count). The van der Waals surface area contributed by atoms with Crippen LogP contribution in [0.15, 0.2) is 47.4 Å². The third-order valence-corrected chi connectivity index (χ3v) is 5.57. The van der Waals surface area contributed by atoms with E-state index >= 15 is 0 Å². The quantitative estimate of drug-likeness (QED) is 0.506. The highest BCUT2D eigenvalue weighted by Crippen LogP contribution is 2.36. The number of nitrogens with one attached hydrogen (secondary N) is 1. The fraction of sp³-hybridized carbons (Fsp3) is 0.133. The van der Waals surface area contributed by atoms with Gasteiger partial charge < -0.3 is 5.11 Å². The van der Waals surface area contributed by atoms with Crippen molar-refractivity contribution < 1.29 is 23.5 Å². The average Bonchev–Trinajstić information content (AvgIpc) is 2.58. The number of nitrogens with zero attached hydrogens (tertiary/aromatic N) is 1. The lowest BCUT2D eigenvalue weighted by Gasteiger charge is -2.22. The third-order valence-electron chi connectivity index (χ3n) is 3.26. The van der Waals surface area contributed by atoms with Crippen LogP contribution < -0.4 is 5.48 Å². The number of phenols is 1. The molecule has 0 fully saturated rings. The van der Waals surface area contributed by atoms with E-state index < -0.39 is 33.1 Å². The maximum atomic E-state index is 12.9. The van der Waals surface area contributed by atoms with Gasteiger partial charge in [0.25, 0.3) is 5.91 Å². The Labute approximate surface area is 154 Å². The number of aromatic hydroxyl groups is 1. The Kier molecular flexibility index (Phi) is 6.26. The molecule has 134 valence electrons. The summed E-state index contributed by atoms with van der Waals surface area (Å²) in [5, 5.41) is 18.5. The summed E-state index contributed by atoms with van der Waals surface area (Å²) in [7, 11) is -4.34. The van der Waals surface area contributed by atoms with Crippen molar-refractivity contribution in [1.82, 2.24) is 9.79 Å². The molecule has 0 bridgehead atoms. The van der Waals surface area contributed by atoms with Crippen LogP contribution in [0.25, 0.3) is 0 Å². The van der Waals surface area contributed by atoms with Gasteiger partial charge in [0.05, 0.1) is 11.6 Å². The number of halogens is 2. The maximum absolute atomic E-state index is 12.9. The Hall–Kier alpha value is -1.84. The molecule has 0 saturated carbocycles. The van der Waals surface area contributed by atoms with Gasteiger partial charge in [-0.15, -0.1) is 0 Å². The van der Waals surface area contributed by atoms with Crippen molar-refractivity contribution in [3.05, 3.63) is 58.1 Å². The second-order valence-electron chi connectivity index (χ2n) is 5.03. The van der Waals surface area contributed by atoms with Gasteiger partial charge in [0.1, 0.15) is 4.90 Å². The monoisotopic (exact) mass is 404 g/mol. The predicted molar refractivity (Wildman–Crippen MR) is 92.1 cm³/mol. The van der Waals surface area contributed by atoms with Gasteiger partial charge in [0.2, 0.25) is 10.0 Å². The summed E-state index contributed by atoms with van der Waals surface area (Å²) in [4.78, 5) is 11.0. The van der Waals surface area contributed by atoms with Crippen LogP contribution in [-0.2, 0) is 21.4 Å². The molecule has 0 aliphatic heterocycles. The second kappa shape index (κ2) is 8.03. The lowest BCUT2D eigenvalue weighted by Crippen LogP contribution is -2.39. The van der Waals surface area contributed by atoms with Gasteiger partial charge in [-0.3, -0.25) is 10.0 Å². The highest BCUT2D eigenvalue weighted by atomic mass is 35.5. The average molecular weight is 405 g/mol. The van der Waals surface area contributed by atoms with E-state index in [1.54, 1.807) is 30.3 Å². The molecule has 0 radical (unpaired) electrons. The number of benzene rings is 2. The van der Waals surface area contributed by atoms with Crippen LogP contribution in [0.4, 0.5) is 0 Å². The van der Waals surface area contributed by atoms with Gasteiger partial charge in [-0.2, -0.15) is 4.31 Å². The van der Waals surface area contributed by atoms with E-state index in [0.717, 1.165) is 10.4 Å². The molecule has 0 saturated heterocycles. The number of phenolic OH excluding ortho intramolecular Hbond substituents is 1. The van der Waals surface area contributed by atoms with E-state index in [1.165, 1.54) is 11.5 Å². The Morgan fingerprint density at radius 2 is 1.80 bits per heavy atom. The lowest BCUT2D eigenvalue weighted by atomic mass is 10.2. The smallest absolute Gasteiger partial charge is 0.258 e. The molecule has 25 heavy (non-hydrogen) atoms. The summed E-state index contributed by atoms with van der Waals surface area (Å²) in [6.07, 6.45) is 0. The highest BCUT2D eigenvalue weighted by Gasteiger charge is 2.30. The molecule has 0 spiro atoms. The number of sulfonamides is 1. The topological polar surface area (TPSA) is 107 Å². The van der Waals surface area contributed by atoms with Crippen molar-refractivity contribution in [3.63, 3.8) is 0 Å². The first kappa shape index (κ1) is 19.5. The molecular weight excluding hydrogens is 391 g/mol. The van der Waals surface area contributed by atoms with Gasteiger partial charge in [-0.25, -0.2) is 13.9 Å². The molecule has 0 unspecified atom stereocenters. The van der Waals surface area contributed by atoms with E-state index in [-0.39, 0.29) is 16.6 Å². The van der Waals surface area contributed by atoms with E-state index in [4.69, 9.17) is 28.4 Å². The zero-order valence-electron chi connectivity index (χ0n) is 12.7. The standard InChI is InChI=1S/C15H14Cl2N2O5S/c16-11-6-12(17)15(21)13(7-11)25(23,24)19(9-14(20)18-22)8-10-4-2-1-3-5-10/h1-7,21-22H,8-9H2,(H,18,20). The summed E-state index contributed by atoms with van der Waals surface area (Å²) >= 11 is 11.6. The van der Waals surface area contributed by atoms with Crippen LogP contribution >= 0.6 is 23.2 Å². The summed E-state index contributed by atoms with van der Waals surface area (Å²) in [5.74, 6) is -1.61. The van der Waals surface area contributed by atoms with Gasteiger partial charge in [-0.05, 0) is 17.7 Å². The van der Waals surface area contributed by atoms with Crippen LogP contribution in [0.3, 0.4) is 0 Å². The summed E-state index contributed by atoms with van der Waals surface area (Å²) < 4.78 is 26.6. The minimum absolute atomic E-state index is 0.00708. The van der Waals surface area contributed by atoms with Crippen LogP contribution in [0.2, 0.25) is 10.0 Å². The molecule has 2 aromatic rings. The van der Waals surface area contributed by atoms with Gasteiger partial charge in [0, 0.05) is 11.6 Å². The molecule has 3 N–H and O–H groups in total. The third kappa shape index (κ3) is 4.62. The van der Waals surface area contributed by atoms with Crippen molar-refractivity contribution in [2.24, 2.45) is 0 Å². The van der Waals surface area contributed by atoms with Gasteiger partial charge in [-0.1, -0.05) is 53.5 Å². The normalized spacial score (nSPS) is 11.5. The fourth-order valence-electron chi connectivity index (χ4n) is 2.09. The summed E-state index contributed by atoms with van der Waals surface area (Å²) in [6, 6.07) is 10.7. The molecule has 0 heterocycles. The zero-order chi connectivity index (χ0) is 18.6. The second-order valence-corrected chi connectivity index (χ2v) is 7.78. The number of carbonyl (C=O) groups is 1. The Balaban J connectivity index is 2.49. The Morgan fingerprint density at radius 3 is 2.40 bits per heavy atom. The van der Waals surface area contributed by atoms with E-state index in [9.17, 15) is 18.3 Å². The number of carbonyl (C=O) groups excluding carboxylic acids is 1. The van der Waals surface area contributed by atoms with Crippen LogP contribution in [-0.4, -0.2) is 35.5 Å². The maximum Gasteiger partial charge on any atom is 0.258 e. The number of hydrogen-bond acceptors (Lipinski definition) is 5. The Morgan fingerprint density at radius 1 is 1.16 bits per heavy atom. The van der Waals surface area contributed by atoms with Crippen LogP contribution in [0.1, 0.15) is 5.56 Å². The highest BCUT2D eigenvalue weighted by molar-refractivity contribution is 7.89. The fourth-order valence-corrected chi connectivity index (χ4v) is 4.22. The molecule has 1 amide bonds. The van der Waals surface area contributed by atoms with Crippen molar-refractivity contribution in [2.75, 3.05) is 6.54 Å². The number of rotatable bonds is 6. The predicted octanol–water partition coefficient (Wildman–Crippen LogP) is 2.40.